The first-order valence-corrected chi connectivity index (χ1v) is 5.78. The van der Waals surface area contributed by atoms with E-state index < -0.39 is 18.0 Å². The number of carboxylic acid groups (broad SMARTS) is 1. The fraction of sp³-hybridized carbons (Fsp3) is 0.308. The quantitative estimate of drug-likeness (QED) is 0.811. The van der Waals surface area contributed by atoms with Crippen molar-refractivity contribution in [2.45, 2.75) is 6.92 Å². The van der Waals surface area contributed by atoms with E-state index in [1.54, 1.807) is 19.1 Å². The van der Waals surface area contributed by atoms with Crippen LogP contribution in [0.25, 0.3) is 0 Å². The highest BCUT2D eigenvalue weighted by Gasteiger charge is 2.14. The van der Waals surface area contributed by atoms with Crippen LogP contribution in [0.4, 0.5) is 10.5 Å². The van der Waals surface area contributed by atoms with Gasteiger partial charge in [0, 0.05) is 12.7 Å². The Hall–Kier alpha value is -2.57. The maximum Gasteiger partial charge on any atom is 0.336 e. The summed E-state index contributed by atoms with van der Waals surface area (Å²) in [7, 11) is 2.66. The summed E-state index contributed by atoms with van der Waals surface area (Å²) < 4.78 is 4.45. The third-order valence-electron chi connectivity index (χ3n) is 2.66. The van der Waals surface area contributed by atoms with Crippen molar-refractivity contribution in [3.8, 4) is 0 Å². The van der Waals surface area contributed by atoms with Crippen molar-refractivity contribution >= 4 is 23.7 Å². The second-order valence-electron chi connectivity index (χ2n) is 4.20. The fourth-order valence-corrected chi connectivity index (χ4v) is 1.48. The number of urea groups is 1. The van der Waals surface area contributed by atoms with Gasteiger partial charge in [0.25, 0.3) is 0 Å². The number of carboxylic acids is 1. The van der Waals surface area contributed by atoms with E-state index in [9.17, 15) is 14.4 Å². The second-order valence-corrected chi connectivity index (χ2v) is 4.20. The van der Waals surface area contributed by atoms with Gasteiger partial charge in [-0.15, -0.1) is 0 Å². The first-order chi connectivity index (χ1) is 9.35. The van der Waals surface area contributed by atoms with Gasteiger partial charge in [-0.2, -0.15) is 0 Å². The van der Waals surface area contributed by atoms with Crippen LogP contribution in [0.3, 0.4) is 0 Å². The first kappa shape index (κ1) is 15.5. The van der Waals surface area contributed by atoms with Crippen molar-refractivity contribution in [1.29, 1.82) is 0 Å². The molecule has 2 amide bonds. The minimum Gasteiger partial charge on any atom is -0.478 e. The number of rotatable bonds is 4. The summed E-state index contributed by atoms with van der Waals surface area (Å²) in [4.78, 5) is 35.0. The van der Waals surface area contributed by atoms with Crippen LogP contribution in [0.2, 0.25) is 0 Å². The number of hydrogen-bond acceptors (Lipinski definition) is 4. The molecule has 0 radical (unpaired) electrons. The lowest BCUT2D eigenvalue weighted by Gasteiger charge is -2.16. The summed E-state index contributed by atoms with van der Waals surface area (Å²) in [6.45, 7) is 1.47. The molecular weight excluding hydrogens is 264 g/mol. The summed E-state index contributed by atoms with van der Waals surface area (Å²) in [5.41, 5.74) is 1.05. The van der Waals surface area contributed by atoms with E-state index in [0.717, 1.165) is 4.90 Å². The molecule has 1 aromatic carbocycles. The summed E-state index contributed by atoms with van der Waals surface area (Å²) in [6, 6.07) is 4.02. The lowest BCUT2D eigenvalue weighted by atomic mass is 10.1. The smallest absolute Gasteiger partial charge is 0.336 e. The number of benzene rings is 1. The molecule has 0 atom stereocenters. The van der Waals surface area contributed by atoms with Crippen molar-refractivity contribution < 1.29 is 24.2 Å². The molecule has 0 saturated heterocycles. The number of esters is 1. The highest BCUT2D eigenvalue weighted by molar-refractivity contribution is 5.94. The van der Waals surface area contributed by atoms with Crippen LogP contribution in [-0.4, -0.2) is 48.7 Å². The van der Waals surface area contributed by atoms with Crippen LogP contribution in [0.5, 0.6) is 0 Å². The number of methoxy groups -OCH3 is 1. The van der Waals surface area contributed by atoms with Gasteiger partial charge in [0.2, 0.25) is 0 Å². The van der Waals surface area contributed by atoms with E-state index in [0.29, 0.717) is 11.3 Å². The minimum absolute atomic E-state index is 0.110. The van der Waals surface area contributed by atoms with E-state index in [-0.39, 0.29) is 12.1 Å². The number of nitrogens with zero attached hydrogens (tertiary/aromatic N) is 1. The topological polar surface area (TPSA) is 95.9 Å². The molecule has 108 valence electrons. The van der Waals surface area contributed by atoms with E-state index in [1.807, 2.05) is 0 Å². The molecule has 0 aliphatic heterocycles. The van der Waals surface area contributed by atoms with Crippen LogP contribution in [-0.2, 0) is 9.53 Å². The molecule has 0 unspecified atom stereocenters. The molecule has 0 spiro atoms. The van der Waals surface area contributed by atoms with Gasteiger partial charge in [-0.1, -0.05) is 6.07 Å². The SMILES string of the molecule is COC(=O)CN(C)C(=O)Nc1ccc(C)c(C(=O)O)c1. The minimum atomic E-state index is -1.07. The lowest BCUT2D eigenvalue weighted by Crippen LogP contribution is -2.36. The van der Waals surface area contributed by atoms with Gasteiger partial charge < -0.3 is 20.1 Å². The Kier molecular flexibility index (Phi) is 5.08. The zero-order valence-corrected chi connectivity index (χ0v) is 11.5. The number of anilines is 1. The molecule has 1 aromatic rings. The number of aryl methyl sites for hydroxylation is 1. The number of aromatic carboxylic acids is 1. The van der Waals surface area contributed by atoms with E-state index in [4.69, 9.17) is 5.11 Å². The average Bonchev–Trinajstić information content (AvgIpc) is 2.40. The second kappa shape index (κ2) is 6.55. The Morgan fingerprint density at radius 3 is 2.55 bits per heavy atom. The number of carbonyl (C=O) groups is 3. The van der Waals surface area contributed by atoms with Crippen molar-refractivity contribution in [2.75, 3.05) is 26.0 Å². The number of carbonyl (C=O) groups excluding carboxylic acids is 2. The predicted molar refractivity (Wildman–Crippen MR) is 71.8 cm³/mol. The number of amides is 2. The van der Waals surface area contributed by atoms with Crippen molar-refractivity contribution in [2.24, 2.45) is 0 Å². The molecule has 0 bridgehead atoms. The number of nitrogens with one attached hydrogen (secondary N) is 1. The van der Waals surface area contributed by atoms with Gasteiger partial charge in [0.1, 0.15) is 6.54 Å². The Morgan fingerprint density at radius 1 is 1.35 bits per heavy atom. The van der Waals surface area contributed by atoms with Gasteiger partial charge in [-0.3, -0.25) is 4.79 Å². The van der Waals surface area contributed by atoms with Crippen LogP contribution in [0.15, 0.2) is 18.2 Å². The van der Waals surface area contributed by atoms with Gasteiger partial charge in [-0.25, -0.2) is 9.59 Å². The third kappa shape index (κ3) is 3.98. The molecule has 0 fully saturated rings. The number of ether oxygens (including phenoxy) is 1. The van der Waals surface area contributed by atoms with Crippen LogP contribution >= 0.6 is 0 Å². The standard InChI is InChI=1S/C13H16N2O5/c1-8-4-5-9(6-10(8)12(17)18)14-13(19)15(2)7-11(16)20-3/h4-6H,7H2,1-3H3,(H,14,19)(H,17,18). The van der Waals surface area contributed by atoms with E-state index >= 15 is 0 Å². The molecule has 20 heavy (non-hydrogen) atoms. The normalized spacial score (nSPS) is 9.75. The summed E-state index contributed by atoms with van der Waals surface area (Å²) in [5, 5.41) is 11.5. The molecule has 7 nitrogen and oxygen atoms in total. The van der Waals surface area contributed by atoms with Crippen molar-refractivity contribution in [1.82, 2.24) is 4.90 Å². The Balaban J connectivity index is 2.78. The average molecular weight is 280 g/mol. The van der Waals surface area contributed by atoms with Crippen LogP contribution in [0.1, 0.15) is 15.9 Å². The van der Waals surface area contributed by atoms with Crippen molar-refractivity contribution in [3.63, 3.8) is 0 Å². The zero-order chi connectivity index (χ0) is 15.3. The Bertz CT molecular complexity index is 542. The summed E-state index contributed by atoms with van der Waals surface area (Å²) in [5.74, 6) is -1.61. The lowest BCUT2D eigenvalue weighted by molar-refractivity contribution is -0.140. The predicted octanol–water partition coefficient (Wildman–Crippen LogP) is 1.33. The maximum atomic E-state index is 11.8. The molecular formula is C13H16N2O5. The van der Waals surface area contributed by atoms with Gasteiger partial charge in [0.15, 0.2) is 0 Å². The van der Waals surface area contributed by atoms with Crippen molar-refractivity contribution in [3.05, 3.63) is 29.3 Å². The Morgan fingerprint density at radius 2 is 2.00 bits per heavy atom. The van der Waals surface area contributed by atoms with E-state index in [1.165, 1.54) is 20.2 Å². The highest BCUT2D eigenvalue weighted by atomic mass is 16.5. The Labute approximate surface area is 116 Å². The molecule has 0 aromatic heterocycles. The molecule has 1 rings (SSSR count). The van der Waals surface area contributed by atoms with Gasteiger partial charge in [0.05, 0.1) is 12.7 Å². The maximum absolute atomic E-state index is 11.8. The van der Waals surface area contributed by atoms with Crippen LogP contribution in [0, 0.1) is 6.92 Å². The fourth-order valence-electron chi connectivity index (χ4n) is 1.48. The first-order valence-electron chi connectivity index (χ1n) is 5.78. The molecule has 0 aliphatic rings. The number of likely N-dealkylation sites (N-methyl/N-ethyl adjacent to an activating group) is 1. The van der Waals surface area contributed by atoms with Gasteiger partial charge >= 0.3 is 18.0 Å². The molecule has 0 heterocycles. The monoisotopic (exact) mass is 280 g/mol. The molecule has 0 aliphatic carbocycles. The largest absolute Gasteiger partial charge is 0.478 e. The molecule has 0 saturated carbocycles. The summed E-state index contributed by atoms with van der Waals surface area (Å²) >= 11 is 0. The van der Waals surface area contributed by atoms with E-state index in [2.05, 4.69) is 10.1 Å². The molecule has 7 heteroatoms. The summed E-state index contributed by atoms with van der Waals surface area (Å²) in [6.07, 6.45) is 0. The highest BCUT2D eigenvalue weighted by Crippen LogP contribution is 2.15. The zero-order valence-electron chi connectivity index (χ0n) is 11.5. The van der Waals surface area contributed by atoms with Gasteiger partial charge in [-0.05, 0) is 24.6 Å². The molecule has 2 N–H and O–H groups in total. The third-order valence-corrected chi connectivity index (χ3v) is 2.66. The number of hydrogen-bond donors (Lipinski definition) is 2. The van der Waals surface area contributed by atoms with Crippen LogP contribution < -0.4 is 5.32 Å².